The predicted octanol–water partition coefficient (Wildman–Crippen LogP) is 0.160. The van der Waals surface area contributed by atoms with Crippen LogP contribution in [-0.4, -0.2) is 60.9 Å². The number of carbonyl (C=O) groups is 1. The second kappa shape index (κ2) is 6.83. The molecule has 2 N–H and O–H groups in total. The number of nitrogens with zero attached hydrogens (tertiary/aromatic N) is 1. The Labute approximate surface area is 96.8 Å². The van der Waals surface area contributed by atoms with Crippen molar-refractivity contribution in [1.82, 2.24) is 10.2 Å². The Morgan fingerprint density at radius 2 is 2.00 bits per heavy atom. The average Bonchev–Trinajstić information content (AvgIpc) is 2.17. The van der Waals surface area contributed by atoms with Crippen LogP contribution in [0.5, 0.6) is 0 Å². The quantitative estimate of drug-likeness (QED) is 0.680. The van der Waals surface area contributed by atoms with Crippen molar-refractivity contribution in [3.05, 3.63) is 0 Å². The van der Waals surface area contributed by atoms with E-state index in [-0.39, 0.29) is 12.5 Å². The Bertz CT molecular complexity index is 217. The number of carboxylic acids is 1. The molecule has 0 aromatic rings. The van der Waals surface area contributed by atoms with Gasteiger partial charge >= 0.3 is 5.97 Å². The van der Waals surface area contributed by atoms with Crippen molar-refractivity contribution in [2.45, 2.75) is 32.4 Å². The SMILES string of the molecule is CC(CC(=O)O)NC(C)CN1CCOCC1. The van der Waals surface area contributed by atoms with Gasteiger partial charge in [0, 0.05) is 31.7 Å². The lowest BCUT2D eigenvalue weighted by atomic mass is 10.2. The molecule has 94 valence electrons. The molecule has 0 aliphatic carbocycles. The van der Waals surface area contributed by atoms with Crippen LogP contribution in [-0.2, 0) is 9.53 Å². The van der Waals surface area contributed by atoms with E-state index in [4.69, 9.17) is 9.84 Å². The summed E-state index contributed by atoms with van der Waals surface area (Å²) in [4.78, 5) is 12.9. The first-order chi connectivity index (χ1) is 7.58. The molecule has 0 saturated carbocycles. The topological polar surface area (TPSA) is 61.8 Å². The Balaban J connectivity index is 2.18. The summed E-state index contributed by atoms with van der Waals surface area (Å²) in [5, 5.41) is 11.9. The van der Waals surface area contributed by atoms with Gasteiger partial charge in [-0.1, -0.05) is 0 Å². The van der Waals surface area contributed by atoms with E-state index < -0.39 is 5.97 Å². The Kier molecular flexibility index (Phi) is 5.73. The van der Waals surface area contributed by atoms with E-state index in [9.17, 15) is 4.79 Å². The van der Waals surface area contributed by atoms with Gasteiger partial charge in [0.1, 0.15) is 0 Å². The third-order valence-corrected chi connectivity index (χ3v) is 2.69. The van der Waals surface area contributed by atoms with Gasteiger partial charge in [-0.3, -0.25) is 9.69 Å². The van der Waals surface area contributed by atoms with Crippen molar-refractivity contribution in [1.29, 1.82) is 0 Å². The second-order valence-electron chi connectivity index (χ2n) is 4.48. The normalized spacial score (nSPS) is 21.6. The number of nitrogens with one attached hydrogen (secondary N) is 1. The highest BCUT2D eigenvalue weighted by atomic mass is 16.5. The van der Waals surface area contributed by atoms with E-state index in [0.29, 0.717) is 6.04 Å². The maximum Gasteiger partial charge on any atom is 0.304 e. The molecule has 0 spiro atoms. The fraction of sp³-hybridized carbons (Fsp3) is 0.909. The Morgan fingerprint density at radius 3 is 2.56 bits per heavy atom. The number of rotatable bonds is 6. The van der Waals surface area contributed by atoms with Crippen molar-refractivity contribution < 1.29 is 14.6 Å². The summed E-state index contributed by atoms with van der Waals surface area (Å²) >= 11 is 0. The molecule has 2 unspecified atom stereocenters. The highest BCUT2D eigenvalue weighted by Gasteiger charge is 2.15. The van der Waals surface area contributed by atoms with Crippen LogP contribution in [0, 0.1) is 0 Å². The van der Waals surface area contributed by atoms with Crippen molar-refractivity contribution >= 4 is 5.97 Å². The predicted molar refractivity (Wildman–Crippen MR) is 61.6 cm³/mol. The lowest BCUT2D eigenvalue weighted by Crippen LogP contribution is -2.46. The van der Waals surface area contributed by atoms with Gasteiger partial charge in [-0.25, -0.2) is 0 Å². The average molecular weight is 230 g/mol. The van der Waals surface area contributed by atoms with Crippen LogP contribution in [0.4, 0.5) is 0 Å². The fourth-order valence-electron chi connectivity index (χ4n) is 2.03. The largest absolute Gasteiger partial charge is 0.481 e. The zero-order valence-electron chi connectivity index (χ0n) is 10.1. The molecule has 5 heteroatoms. The Morgan fingerprint density at radius 1 is 1.38 bits per heavy atom. The first-order valence-corrected chi connectivity index (χ1v) is 5.86. The fourth-order valence-corrected chi connectivity index (χ4v) is 2.03. The van der Waals surface area contributed by atoms with Gasteiger partial charge in [0.15, 0.2) is 0 Å². The molecular weight excluding hydrogens is 208 g/mol. The first-order valence-electron chi connectivity index (χ1n) is 5.86. The van der Waals surface area contributed by atoms with Gasteiger partial charge in [-0.2, -0.15) is 0 Å². The summed E-state index contributed by atoms with van der Waals surface area (Å²) in [5.74, 6) is -0.751. The number of aliphatic carboxylic acids is 1. The van der Waals surface area contributed by atoms with Crippen molar-refractivity contribution in [3.63, 3.8) is 0 Å². The molecule has 0 amide bonds. The lowest BCUT2D eigenvalue weighted by Gasteiger charge is -2.30. The van der Waals surface area contributed by atoms with Crippen LogP contribution in [0.2, 0.25) is 0 Å². The number of morpholine rings is 1. The molecule has 1 aliphatic rings. The molecule has 1 aliphatic heterocycles. The van der Waals surface area contributed by atoms with Crippen molar-refractivity contribution in [2.75, 3.05) is 32.8 Å². The molecule has 16 heavy (non-hydrogen) atoms. The maximum absolute atomic E-state index is 10.5. The third-order valence-electron chi connectivity index (χ3n) is 2.69. The van der Waals surface area contributed by atoms with Crippen molar-refractivity contribution in [3.8, 4) is 0 Å². The van der Waals surface area contributed by atoms with Crippen molar-refractivity contribution in [2.24, 2.45) is 0 Å². The molecule has 1 fully saturated rings. The Hall–Kier alpha value is -0.650. The van der Waals surface area contributed by atoms with Gasteiger partial charge in [0.05, 0.1) is 19.6 Å². The van der Waals surface area contributed by atoms with Gasteiger partial charge < -0.3 is 15.2 Å². The molecule has 0 aromatic heterocycles. The smallest absolute Gasteiger partial charge is 0.304 e. The zero-order valence-corrected chi connectivity index (χ0v) is 10.1. The highest BCUT2D eigenvalue weighted by Crippen LogP contribution is 2.00. The number of hydrogen-bond donors (Lipinski definition) is 2. The number of hydrogen-bond acceptors (Lipinski definition) is 4. The summed E-state index contributed by atoms with van der Waals surface area (Å²) in [5.41, 5.74) is 0. The molecular formula is C11H22N2O3. The van der Waals surface area contributed by atoms with Crippen LogP contribution in [0.25, 0.3) is 0 Å². The highest BCUT2D eigenvalue weighted by molar-refractivity contribution is 5.67. The lowest BCUT2D eigenvalue weighted by molar-refractivity contribution is -0.137. The monoisotopic (exact) mass is 230 g/mol. The van der Waals surface area contributed by atoms with Gasteiger partial charge in [0.2, 0.25) is 0 Å². The van der Waals surface area contributed by atoms with E-state index in [0.717, 1.165) is 32.8 Å². The third kappa shape index (κ3) is 5.44. The molecule has 5 nitrogen and oxygen atoms in total. The van der Waals surface area contributed by atoms with Gasteiger partial charge in [-0.05, 0) is 13.8 Å². The maximum atomic E-state index is 10.5. The van der Waals surface area contributed by atoms with Crippen LogP contribution in [0.3, 0.4) is 0 Å². The molecule has 1 heterocycles. The minimum Gasteiger partial charge on any atom is -0.481 e. The molecule has 1 saturated heterocycles. The van der Waals surface area contributed by atoms with E-state index in [1.807, 2.05) is 6.92 Å². The zero-order chi connectivity index (χ0) is 12.0. The molecule has 2 atom stereocenters. The minimum absolute atomic E-state index is 0.0218. The first kappa shape index (κ1) is 13.4. The van der Waals surface area contributed by atoms with Gasteiger partial charge in [-0.15, -0.1) is 0 Å². The summed E-state index contributed by atoms with van der Waals surface area (Å²) < 4.78 is 5.28. The van der Waals surface area contributed by atoms with Crippen LogP contribution >= 0.6 is 0 Å². The van der Waals surface area contributed by atoms with E-state index in [2.05, 4.69) is 17.1 Å². The van der Waals surface area contributed by atoms with E-state index in [1.165, 1.54) is 0 Å². The number of carboxylic acid groups (broad SMARTS) is 1. The van der Waals surface area contributed by atoms with E-state index >= 15 is 0 Å². The minimum atomic E-state index is -0.751. The van der Waals surface area contributed by atoms with Crippen LogP contribution in [0.15, 0.2) is 0 Å². The summed E-state index contributed by atoms with van der Waals surface area (Å²) in [6.07, 6.45) is 0.174. The summed E-state index contributed by atoms with van der Waals surface area (Å²) in [6.45, 7) is 8.50. The van der Waals surface area contributed by atoms with Crippen LogP contribution < -0.4 is 5.32 Å². The standard InChI is InChI=1S/C11H22N2O3/c1-9(7-11(14)15)12-10(2)8-13-3-5-16-6-4-13/h9-10,12H,3-8H2,1-2H3,(H,14,15). The van der Waals surface area contributed by atoms with Crippen LogP contribution in [0.1, 0.15) is 20.3 Å². The summed E-state index contributed by atoms with van der Waals surface area (Å²) in [7, 11) is 0. The molecule has 1 rings (SSSR count). The number of ether oxygens (including phenoxy) is 1. The van der Waals surface area contributed by atoms with E-state index in [1.54, 1.807) is 0 Å². The molecule has 0 aromatic carbocycles. The second-order valence-corrected chi connectivity index (χ2v) is 4.48. The summed E-state index contributed by atoms with van der Waals surface area (Å²) in [6, 6.07) is 0.334. The molecule has 0 bridgehead atoms. The molecule has 0 radical (unpaired) electrons. The van der Waals surface area contributed by atoms with Gasteiger partial charge in [0.25, 0.3) is 0 Å².